The molecule has 3 aromatic rings. The van der Waals surface area contributed by atoms with E-state index in [2.05, 4.69) is 15.8 Å². The zero-order valence-electron chi connectivity index (χ0n) is 19.7. The maximum absolute atomic E-state index is 13.6. The van der Waals surface area contributed by atoms with E-state index in [4.69, 9.17) is 4.52 Å². The summed E-state index contributed by atoms with van der Waals surface area (Å²) in [7, 11) is 0. The predicted octanol–water partition coefficient (Wildman–Crippen LogP) is 4.54. The molecule has 1 atom stereocenters. The largest absolute Gasteiger partial charge is 0.618 e. The minimum absolute atomic E-state index is 0.0535. The van der Waals surface area contributed by atoms with E-state index in [0.29, 0.717) is 16.1 Å². The van der Waals surface area contributed by atoms with Crippen molar-refractivity contribution in [2.75, 3.05) is 5.32 Å². The van der Waals surface area contributed by atoms with Crippen LogP contribution in [0.5, 0.6) is 0 Å². The van der Waals surface area contributed by atoms with E-state index in [0.717, 1.165) is 37.9 Å². The number of anilines is 1. The first-order valence-electron chi connectivity index (χ1n) is 11.5. The Morgan fingerprint density at radius 1 is 1.14 bits per heavy atom. The minimum atomic E-state index is -4.64. The number of aryl methyl sites for hydroxylation is 1. The molecule has 8 nitrogen and oxygen atoms in total. The lowest BCUT2D eigenvalue weighted by atomic mass is 9.96. The Balaban J connectivity index is 1.56. The summed E-state index contributed by atoms with van der Waals surface area (Å²) >= 11 is 0. The molecule has 0 unspecified atom stereocenters. The number of pyridine rings is 1. The molecule has 2 aromatic heterocycles. The second-order valence-corrected chi connectivity index (χ2v) is 8.89. The summed E-state index contributed by atoms with van der Waals surface area (Å²) in [5.41, 5.74) is -0.0532. The summed E-state index contributed by atoms with van der Waals surface area (Å²) < 4.78 is 45.9. The number of amides is 2. The third kappa shape index (κ3) is 5.19. The minimum Gasteiger partial charge on any atom is -0.618 e. The van der Waals surface area contributed by atoms with Gasteiger partial charge in [0.1, 0.15) is 17.9 Å². The van der Waals surface area contributed by atoms with Gasteiger partial charge in [0.25, 0.3) is 5.91 Å². The molecule has 2 heterocycles. The normalized spacial score (nSPS) is 15.0. The molecular formula is C25H25F3N4O4. The number of carbonyl (C=O) groups is 2. The van der Waals surface area contributed by atoms with Gasteiger partial charge >= 0.3 is 6.18 Å². The van der Waals surface area contributed by atoms with Crippen molar-refractivity contribution >= 4 is 17.5 Å². The van der Waals surface area contributed by atoms with Crippen LogP contribution in [-0.2, 0) is 11.0 Å². The van der Waals surface area contributed by atoms with Crippen molar-refractivity contribution in [3.05, 3.63) is 70.5 Å². The molecule has 1 aliphatic rings. The smallest absolute Gasteiger partial charge is 0.417 e. The van der Waals surface area contributed by atoms with E-state index in [1.807, 2.05) is 0 Å². The number of carbonyl (C=O) groups excluding carboxylic acids is 2. The van der Waals surface area contributed by atoms with Crippen molar-refractivity contribution in [2.24, 2.45) is 5.92 Å². The van der Waals surface area contributed by atoms with Crippen LogP contribution in [-0.4, -0.2) is 23.0 Å². The maximum Gasteiger partial charge on any atom is 0.417 e. The van der Waals surface area contributed by atoms with E-state index in [9.17, 15) is 28.0 Å². The standard InChI is InChI=1S/C25H25F3N4O4/c1-14-19(13-36-31-14)23(33)30-22(17-5-3-4-6-17)24(34)29-18-9-7-16(8-10-18)21-15(2)32(35)12-11-20(21)25(26,27)28/h7-13,17,22H,3-6H2,1-2H3,(H,29,34)(H,30,33)/t22-/m0/s1. The first-order chi connectivity index (χ1) is 17.1. The third-order valence-corrected chi connectivity index (χ3v) is 6.52. The highest BCUT2D eigenvalue weighted by atomic mass is 19.4. The van der Waals surface area contributed by atoms with Crippen LogP contribution < -0.4 is 15.4 Å². The zero-order chi connectivity index (χ0) is 26.0. The number of hydrogen-bond donors (Lipinski definition) is 2. The molecule has 1 saturated carbocycles. The molecule has 4 rings (SSSR count). The number of alkyl halides is 3. The lowest BCUT2D eigenvalue weighted by Gasteiger charge is -2.24. The van der Waals surface area contributed by atoms with Crippen LogP contribution in [0.2, 0.25) is 0 Å². The second kappa shape index (κ2) is 10.00. The quantitative estimate of drug-likeness (QED) is 0.380. The summed E-state index contributed by atoms with van der Waals surface area (Å²) in [5, 5.41) is 21.2. The van der Waals surface area contributed by atoms with Crippen molar-refractivity contribution in [1.29, 1.82) is 0 Å². The lowest BCUT2D eigenvalue weighted by molar-refractivity contribution is -0.611. The van der Waals surface area contributed by atoms with Gasteiger partial charge in [-0.1, -0.05) is 30.1 Å². The third-order valence-electron chi connectivity index (χ3n) is 6.52. The molecule has 0 spiro atoms. The van der Waals surface area contributed by atoms with Gasteiger partial charge in [0.2, 0.25) is 5.91 Å². The van der Waals surface area contributed by atoms with Gasteiger partial charge in [0, 0.05) is 18.7 Å². The van der Waals surface area contributed by atoms with Gasteiger partial charge in [-0.15, -0.1) is 0 Å². The number of hydrogen-bond acceptors (Lipinski definition) is 5. The van der Waals surface area contributed by atoms with Gasteiger partial charge < -0.3 is 20.4 Å². The van der Waals surface area contributed by atoms with Crippen molar-refractivity contribution < 1.29 is 32.0 Å². The summed E-state index contributed by atoms with van der Waals surface area (Å²) in [6, 6.07) is 5.70. The number of benzene rings is 1. The highest BCUT2D eigenvalue weighted by Crippen LogP contribution is 2.38. The van der Waals surface area contributed by atoms with Gasteiger partial charge in [-0.05, 0) is 43.4 Å². The zero-order valence-corrected chi connectivity index (χ0v) is 19.7. The number of halogens is 3. The van der Waals surface area contributed by atoms with Crippen molar-refractivity contribution in [3.8, 4) is 11.1 Å². The first kappa shape index (κ1) is 25.2. The lowest BCUT2D eigenvalue weighted by Crippen LogP contribution is -2.48. The Morgan fingerprint density at radius 2 is 1.81 bits per heavy atom. The summed E-state index contributed by atoms with van der Waals surface area (Å²) in [6.07, 6.45) is 0.863. The first-order valence-corrected chi connectivity index (χ1v) is 11.5. The van der Waals surface area contributed by atoms with Gasteiger partial charge in [0.15, 0.2) is 11.9 Å². The Hall–Kier alpha value is -3.89. The molecule has 0 bridgehead atoms. The molecule has 1 aromatic carbocycles. The van der Waals surface area contributed by atoms with E-state index < -0.39 is 29.6 Å². The van der Waals surface area contributed by atoms with Crippen LogP contribution in [0.3, 0.4) is 0 Å². The summed E-state index contributed by atoms with van der Waals surface area (Å²) in [5.74, 6) is -0.954. The number of rotatable bonds is 6. The second-order valence-electron chi connectivity index (χ2n) is 8.89. The van der Waals surface area contributed by atoms with Crippen LogP contribution in [0.4, 0.5) is 18.9 Å². The summed E-state index contributed by atoms with van der Waals surface area (Å²) in [6.45, 7) is 2.94. The molecule has 36 heavy (non-hydrogen) atoms. The van der Waals surface area contributed by atoms with Crippen LogP contribution >= 0.6 is 0 Å². The highest BCUT2D eigenvalue weighted by molar-refractivity contribution is 6.01. The van der Waals surface area contributed by atoms with Gasteiger partial charge in [0.05, 0.1) is 16.8 Å². The SMILES string of the molecule is Cc1nocc1C(=O)N[C@H](C(=O)Nc1ccc(-c2c(C(F)(F)F)cc[n+]([O-])c2C)cc1)C1CCCC1. The molecular weight excluding hydrogens is 477 g/mol. The highest BCUT2D eigenvalue weighted by Gasteiger charge is 2.37. The molecule has 11 heteroatoms. The molecule has 190 valence electrons. The molecule has 1 aliphatic carbocycles. The number of nitrogens with zero attached hydrogens (tertiary/aromatic N) is 2. The fraction of sp³-hybridized carbons (Fsp3) is 0.360. The van der Waals surface area contributed by atoms with E-state index >= 15 is 0 Å². The Morgan fingerprint density at radius 3 is 2.39 bits per heavy atom. The number of nitrogens with one attached hydrogen (secondary N) is 2. The van der Waals surface area contributed by atoms with Crippen molar-refractivity contribution in [1.82, 2.24) is 10.5 Å². The van der Waals surface area contributed by atoms with Crippen molar-refractivity contribution in [2.45, 2.75) is 51.7 Å². The van der Waals surface area contributed by atoms with Gasteiger partial charge in [-0.2, -0.15) is 17.9 Å². The predicted molar refractivity (Wildman–Crippen MR) is 124 cm³/mol. The molecule has 1 fully saturated rings. The summed E-state index contributed by atoms with van der Waals surface area (Å²) in [4.78, 5) is 25.9. The molecule has 0 saturated heterocycles. The van der Waals surface area contributed by atoms with E-state index in [1.54, 1.807) is 6.92 Å². The van der Waals surface area contributed by atoms with Gasteiger partial charge in [-0.25, -0.2) is 0 Å². The Bertz CT molecular complexity index is 1270. The van der Waals surface area contributed by atoms with Crippen LogP contribution in [0, 0.1) is 25.0 Å². The average Bonchev–Trinajstić information content (AvgIpc) is 3.51. The topological polar surface area (TPSA) is 111 Å². The van der Waals surface area contributed by atoms with E-state index in [1.165, 1.54) is 37.5 Å². The number of aromatic nitrogens is 2. The molecule has 2 amide bonds. The molecule has 2 N–H and O–H groups in total. The Labute approximate surface area is 205 Å². The monoisotopic (exact) mass is 502 g/mol. The van der Waals surface area contributed by atoms with Crippen LogP contribution in [0.15, 0.2) is 47.3 Å². The fourth-order valence-corrected chi connectivity index (χ4v) is 4.60. The molecule has 0 aliphatic heterocycles. The van der Waals surface area contributed by atoms with Crippen LogP contribution in [0.25, 0.3) is 11.1 Å². The van der Waals surface area contributed by atoms with E-state index in [-0.39, 0.29) is 28.3 Å². The fourth-order valence-electron chi connectivity index (χ4n) is 4.60. The maximum atomic E-state index is 13.6. The molecule has 0 radical (unpaired) electrons. The van der Waals surface area contributed by atoms with Crippen LogP contribution in [0.1, 0.15) is 53.0 Å². The van der Waals surface area contributed by atoms with Crippen molar-refractivity contribution in [3.63, 3.8) is 0 Å². The average molecular weight is 502 g/mol. The Kier molecular flexibility index (Phi) is 7.00. The van der Waals surface area contributed by atoms with Gasteiger partial charge in [-0.3, -0.25) is 9.59 Å².